The number of pyridine rings is 1. The van der Waals surface area contributed by atoms with E-state index >= 15 is 0 Å². The smallest absolute Gasteiger partial charge is 0.0448 e. The maximum absolute atomic E-state index is 4.53. The zero-order valence-corrected chi connectivity index (χ0v) is 13.7. The van der Waals surface area contributed by atoms with Gasteiger partial charge in [-0.15, -0.1) is 0 Å². The molecule has 2 aliphatic rings. The van der Waals surface area contributed by atoms with Crippen LogP contribution in [-0.2, 0) is 6.54 Å². The van der Waals surface area contributed by atoms with E-state index < -0.39 is 0 Å². The van der Waals surface area contributed by atoms with Crippen molar-refractivity contribution < 1.29 is 0 Å². The van der Waals surface area contributed by atoms with E-state index in [1.54, 1.807) is 0 Å². The second-order valence-corrected chi connectivity index (χ2v) is 7.08. The Hall–Kier alpha value is -1.09. The highest BCUT2D eigenvalue weighted by Crippen LogP contribution is 2.40. The van der Waals surface area contributed by atoms with Crippen molar-refractivity contribution in [1.29, 1.82) is 0 Å². The number of anilines is 1. The fraction of sp³-hybridized carbons (Fsp3) is 0.722. The van der Waals surface area contributed by atoms with Crippen molar-refractivity contribution in [3.05, 3.63) is 23.5 Å². The summed E-state index contributed by atoms with van der Waals surface area (Å²) in [4.78, 5) is 7.23. The Kier molecular flexibility index (Phi) is 4.48. The zero-order valence-electron chi connectivity index (χ0n) is 13.7. The Morgan fingerprint density at radius 2 is 2.10 bits per heavy atom. The standard InChI is InChI=1S/C18H29N3/c1-13(2)19-11-16-12-20-14(3)10-18(16)21-9-5-7-15-6-4-8-17(15)21/h10,12-13,15,17,19H,4-9,11H2,1-3H3. The molecule has 21 heavy (non-hydrogen) atoms. The van der Waals surface area contributed by atoms with Crippen LogP contribution in [0.5, 0.6) is 0 Å². The molecule has 2 heterocycles. The van der Waals surface area contributed by atoms with Crippen LogP contribution in [0.2, 0.25) is 0 Å². The van der Waals surface area contributed by atoms with Crippen LogP contribution >= 0.6 is 0 Å². The largest absolute Gasteiger partial charge is 0.368 e. The van der Waals surface area contributed by atoms with Crippen molar-refractivity contribution in [2.45, 2.75) is 71.5 Å². The van der Waals surface area contributed by atoms with E-state index in [0.717, 1.165) is 24.2 Å². The van der Waals surface area contributed by atoms with Crippen LogP contribution < -0.4 is 10.2 Å². The molecule has 0 radical (unpaired) electrons. The first-order chi connectivity index (χ1) is 10.1. The summed E-state index contributed by atoms with van der Waals surface area (Å²) in [5, 5.41) is 3.55. The minimum Gasteiger partial charge on any atom is -0.368 e. The highest BCUT2D eigenvalue weighted by molar-refractivity contribution is 5.55. The van der Waals surface area contributed by atoms with Gasteiger partial charge < -0.3 is 10.2 Å². The molecule has 1 aromatic heterocycles. The first-order valence-electron chi connectivity index (χ1n) is 8.60. The molecule has 0 amide bonds. The molecule has 2 fully saturated rings. The van der Waals surface area contributed by atoms with E-state index in [2.05, 4.69) is 48.2 Å². The number of aromatic nitrogens is 1. The average molecular weight is 287 g/mol. The van der Waals surface area contributed by atoms with E-state index in [-0.39, 0.29) is 0 Å². The summed E-state index contributed by atoms with van der Waals surface area (Å²) >= 11 is 0. The molecule has 3 nitrogen and oxygen atoms in total. The van der Waals surface area contributed by atoms with Crippen LogP contribution in [0.3, 0.4) is 0 Å². The fourth-order valence-electron chi connectivity index (χ4n) is 4.04. The summed E-state index contributed by atoms with van der Waals surface area (Å²) in [5.74, 6) is 0.929. The normalized spacial score (nSPS) is 25.4. The molecular weight excluding hydrogens is 258 g/mol. The van der Waals surface area contributed by atoms with Crippen LogP contribution in [0.15, 0.2) is 12.3 Å². The minimum absolute atomic E-state index is 0.514. The van der Waals surface area contributed by atoms with Crippen LogP contribution in [0.25, 0.3) is 0 Å². The van der Waals surface area contributed by atoms with Crippen molar-refractivity contribution in [2.24, 2.45) is 5.92 Å². The monoisotopic (exact) mass is 287 g/mol. The van der Waals surface area contributed by atoms with Crippen molar-refractivity contribution in [3.63, 3.8) is 0 Å². The summed E-state index contributed by atoms with van der Waals surface area (Å²) in [6.45, 7) is 8.66. The number of aryl methyl sites for hydroxylation is 1. The maximum atomic E-state index is 4.53. The number of nitrogens with zero attached hydrogens (tertiary/aromatic N) is 2. The highest BCUT2D eigenvalue weighted by atomic mass is 15.2. The van der Waals surface area contributed by atoms with Crippen LogP contribution in [0.1, 0.15) is 57.2 Å². The van der Waals surface area contributed by atoms with Gasteiger partial charge in [0.1, 0.15) is 0 Å². The molecule has 1 saturated carbocycles. The first kappa shape index (κ1) is 14.8. The molecule has 3 heteroatoms. The minimum atomic E-state index is 0.514. The summed E-state index contributed by atoms with van der Waals surface area (Å²) < 4.78 is 0. The average Bonchev–Trinajstić information content (AvgIpc) is 2.94. The second kappa shape index (κ2) is 6.35. The third-order valence-electron chi connectivity index (χ3n) is 5.10. The number of fused-ring (bicyclic) bond motifs is 1. The molecule has 0 aromatic carbocycles. The number of hydrogen-bond donors (Lipinski definition) is 1. The summed E-state index contributed by atoms with van der Waals surface area (Å²) in [6.07, 6.45) is 9.09. The Labute approximate surface area is 129 Å². The SMILES string of the molecule is Cc1cc(N2CCCC3CCCC32)c(CNC(C)C)cn1. The molecule has 116 valence electrons. The molecule has 2 unspecified atom stereocenters. The predicted molar refractivity (Wildman–Crippen MR) is 88.7 cm³/mol. The molecule has 2 atom stereocenters. The van der Waals surface area contributed by atoms with Gasteiger partial charge in [-0.2, -0.15) is 0 Å². The third kappa shape index (κ3) is 3.23. The summed E-state index contributed by atoms with van der Waals surface area (Å²) in [6, 6.07) is 3.59. The number of nitrogens with one attached hydrogen (secondary N) is 1. The lowest BCUT2D eigenvalue weighted by Gasteiger charge is -2.40. The Balaban J connectivity index is 1.86. The maximum Gasteiger partial charge on any atom is 0.0448 e. The summed E-state index contributed by atoms with van der Waals surface area (Å²) in [7, 11) is 0. The number of piperidine rings is 1. The lowest BCUT2D eigenvalue weighted by atomic mass is 9.91. The van der Waals surface area contributed by atoms with Gasteiger partial charge in [-0.25, -0.2) is 0 Å². The van der Waals surface area contributed by atoms with Gasteiger partial charge in [0.05, 0.1) is 0 Å². The quantitative estimate of drug-likeness (QED) is 0.916. The fourth-order valence-corrected chi connectivity index (χ4v) is 4.04. The number of hydrogen-bond acceptors (Lipinski definition) is 3. The van der Waals surface area contributed by atoms with Crippen LogP contribution in [0, 0.1) is 12.8 Å². The highest BCUT2D eigenvalue weighted by Gasteiger charge is 2.35. The molecule has 1 aliphatic heterocycles. The van der Waals surface area contributed by atoms with E-state index in [1.807, 2.05) is 0 Å². The Morgan fingerprint density at radius 3 is 2.90 bits per heavy atom. The van der Waals surface area contributed by atoms with Crippen LogP contribution in [-0.4, -0.2) is 23.6 Å². The van der Waals surface area contributed by atoms with E-state index in [4.69, 9.17) is 0 Å². The van der Waals surface area contributed by atoms with Gasteiger partial charge in [-0.3, -0.25) is 4.98 Å². The van der Waals surface area contributed by atoms with Gasteiger partial charge in [-0.05, 0) is 44.6 Å². The topological polar surface area (TPSA) is 28.2 Å². The summed E-state index contributed by atoms with van der Waals surface area (Å²) in [5.41, 5.74) is 3.94. The zero-order chi connectivity index (χ0) is 14.8. The van der Waals surface area contributed by atoms with Crippen LogP contribution in [0.4, 0.5) is 5.69 Å². The van der Waals surface area contributed by atoms with Crippen molar-refractivity contribution in [1.82, 2.24) is 10.3 Å². The molecular formula is C18H29N3. The third-order valence-corrected chi connectivity index (χ3v) is 5.10. The van der Waals surface area contributed by atoms with Gasteiger partial charge in [-0.1, -0.05) is 20.3 Å². The molecule has 0 spiro atoms. The molecule has 3 rings (SSSR count). The molecule has 1 aromatic rings. The molecule has 1 N–H and O–H groups in total. The van der Waals surface area contributed by atoms with Crippen molar-refractivity contribution in [3.8, 4) is 0 Å². The van der Waals surface area contributed by atoms with Gasteiger partial charge in [0.2, 0.25) is 0 Å². The Morgan fingerprint density at radius 1 is 1.29 bits per heavy atom. The van der Waals surface area contributed by atoms with Gasteiger partial charge in [0.25, 0.3) is 0 Å². The lowest BCUT2D eigenvalue weighted by Crippen LogP contribution is -2.43. The van der Waals surface area contributed by atoms with Crippen molar-refractivity contribution in [2.75, 3.05) is 11.4 Å². The van der Waals surface area contributed by atoms with Gasteiger partial charge >= 0.3 is 0 Å². The lowest BCUT2D eigenvalue weighted by molar-refractivity contribution is 0.361. The second-order valence-electron chi connectivity index (χ2n) is 7.08. The van der Waals surface area contributed by atoms with E-state index in [1.165, 1.54) is 49.9 Å². The molecule has 0 bridgehead atoms. The molecule has 1 aliphatic carbocycles. The predicted octanol–water partition coefficient (Wildman–Crippen LogP) is 3.66. The molecule has 1 saturated heterocycles. The first-order valence-corrected chi connectivity index (χ1v) is 8.60. The Bertz CT molecular complexity index is 483. The van der Waals surface area contributed by atoms with E-state index in [0.29, 0.717) is 6.04 Å². The van der Waals surface area contributed by atoms with Gasteiger partial charge in [0.15, 0.2) is 0 Å². The van der Waals surface area contributed by atoms with Crippen molar-refractivity contribution >= 4 is 5.69 Å². The number of rotatable bonds is 4. The van der Waals surface area contributed by atoms with E-state index in [9.17, 15) is 0 Å². The van der Waals surface area contributed by atoms with Gasteiger partial charge in [0, 0.05) is 48.3 Å².